The lowest BCUT2D eigenvalue weighted by molar-refractivity contribution is 0.102. The molecule has 0 saturated carbocycles. The smallest absolute Gasteiger partial charge is 0.257 e. The topological polar surface area (TPSA) is 84.0 Å². The molecule has 0 spiro atoms. The van der Waals surface area contributed by atoms with Crippen LogP contribution in [-0.2, 0) is 0 Å². The second-order valence-electron chi connectivity index (χ2n) is 6.31. The lowest BCUT2D eigenvalue weighted by Crippen LogP contribution is -2.13. The third-order valence-corrected chi connectivity index (χ3v) is 5.44. The van der Waals surface area contributed by atoms with Crippen molar-refractivity contribution in [1.29, 1.82) is 0 Å². The summed E-state index contributed by atoms with van der Waals surface area (Å²) in [5, 5.41) is 15.3. The van der Waals surface area contributed by atoms with Crippen LogP contribution in [0.3, 0.4) is 0 Å². The molecule has 6 nitrogen and oxygen atoms in total. The lowest BCUT2D eigenvalue weighted by Gasteiger charge is -2.07. The number of carbonyl (C=O) groups excluding carboxylic acids is 2. The van der Waals surface area contributed by atoms with E-state index in [4.69, 9.17) is 0 Å². The van der Waals surface area contributed by atoms with Crippen molar-refractivity contribution >= 4 is 34.0 Å². The number of anilines is 2. The van der Waals surface area contributed by atoms with Crippen molar-refractivity contribution in [2.45, 2.75) is 32.6 Å². The highest BCUT2D eigenvalue weighted by atomic mass is 32.1. The predicted octanol–water partition coefficient (Wildman–Crippen LogP) is 4.95. The Morgan fingerprint density at radius 1 is 0.857 bits per heavy atom. The van der Waals surface area contributed by atoms with Crippen LogP contribution in [0.2, 0.25) is 0 Å². The van der Waals surface area contributed by atoms with Crippen molar-refractivity contribution in [3.05, 3.63) is 70.7 Å². The van der Waals surface area contributed by atoms with Gasteiger partial charge >= 0.3 is 0 Å². The fraction of sp³-hybridized carbons (Fsp3) is 0.238. The molecule has 1 aromatic heterocycles. The van der Waals surface area contributed by atoms with E-state index in [-0.39, 0.29) is 11.8 Å². The van der Waals surface area contributed by atoms with Crippen LogP contribution in [0.25, 0.3) is 0 Å². The van der Waals surface area contributed by atoms with Crippen molar-refractivity contribution in [1.82, 2.24) is 10.2 Å². The van der Waals surface area contributed by atoms with Crippen LogP contribution < -0.4 is 10.6 Å². The molecule has 3 rings (SSSR count). The zero-order valence-corrected chi connectivity index (χ0v) is 16.6. The summed E-state index contributed by atoms with van der Waals surface area (Å²) in [5.74, 6) is -0.0792. The number of amides is 2. The summed E-state index contributed by atoms with van der Waals surface area (Å²) in [6.07, 6.45) is 1.99. The molecule has 3 aromatic rings. The maximum absolute atomic E-state index is 12.4. The van der Waals surface area contributed by atoms with Crippen LogP contribution in [-0.4, -0.2) is 22.0 Å². The van der Waals surface area contributed by atoms with Gasteiger partial charge in [0.25, 0.3) is 11.8 Å². The van der Waals surface area contributed by atoms with Crippen LogP contribution in [0.5, 0.6) is 0 Å². The van der Waals surface area contributed by atoms with Crippen LogP contribution in [0, 0.1) is 0 Å². The Balaban J connectivity index is 1.61. The third-order valence-electron chi connectivity index (χ3n) is 4.44. The summed E-state index contributed by atoms with van der Waals surface area (Å²) < 4.78 is 0. The number of benzene rings is 2. The Kier molecular flexibility index (Phi) is 6.49. The molecule has 0 fully saturated rings. The minimum atomic E-state index is -0.256. The summed E-state index contributed by atoms with van der Waals surface area (Å²) >= 11 is 1.41. The average Bonchev–Trinajstić information content (AvgIpc) is 3.18. The van der Waals surface area contributed by atoms with Gasteiger partial charge in [-0.25, -0.2) is 0 Å². The molecule has 2 aromatic carbocycles. The molecule has 2 N–H and O–H groups in total. The van der Waals surface area contributed by atoms with E-state index in [1.165, 1.54) is 11.3 Å². The molecule has 0 bridgehead atoms. The van der Waals surface area contributed by atoms with Crippen LogP contribution in [0.15, 0.2) is 54.6 Å². The number of hydrogen-bond donors (Lipinski definition) is 2. The van der Waals surface area contributed by atoms with Crippen molar-refractivity contribution in [2.24, 2.45) is 0 Å². The van der Waals surface area contributed by atoms with Crippen molar-refractivity contribution < 1.29 is 9.59 Å². The molecular weight excluding hydrogens is 372 g/mol. The zero-order valence-electron chi connectivity index (χ0n) is 15.8. The van der Waals surface area contributed by atoms with E-state index < -0.39 is 0 Å². The predicted molar refractivity (Wildman–Crippen MR) is 112 cm³/mol. The first-order chi connectivity index (χ1) is 13.6. The van der Waals surface area contributed by atoms with Gasteiger partial charge in [-0.3, -0.25) is 14.9 Å². The van der Waals surface area contributed by atoms with Gasteiger partial charge in [0, 0.05) is 22.7 Å². The summed E-state index contributed by atoms with van der Waals surface area (Å²) in [6, 6.07) is 15.7. The minimum Gasteiger partial charge on any atom is -0.322 e. The van der Waals surface area contributed by atoms with Gasteiger partial charge in [-0.1, -0.05) is 43.4 Å². The van der Waals surface area contributed by atoms with Gasteiger partial charge in [-0.2, -0.15) is 0 Å². The maximum atomic E-state index is 12.4. The minimum absolute atomic E-state index is 0.194. The fourth-order valence-corrected chi connectivity index (χ4v) is 3.76. The van der Waals surface area contributed by atoms with Gasteiger partial charge in [0.1, 0.15) is 5.01 Å². The Morgan fingerprint density at radius 3 is 2.11 bits per heavy atom. The monoisotopic (exact) mass is 394 g/mol. The highest BCUT2D eigenvalue weighted by Crippen LogP contribution is 2.28. The number of hydrogen-bond acceptors (Lipinski definition) is 5. The quantitative estimate of drug-likeness (QED) is 0.594. The van der Waals surface area contributed by atoms with Gasteiger partial charge in [-0.05, 0) is 49.2 Å². The summed E-state index contributed by atoms with van der Waals surface area (Å²) in [7, 11) is 0. The molecule has 1 heterocycles. The van der Waals surface area contributed by atoms with Gasteiger partial charge < -0.3 is 5.32 Å². The third kappa shape index (κ3) is 4.80. The zero-order chi connectivity index (χ0) is 19.9. The number of nitrogens with zero attached hydrogens (tertiary/aromatic N) is 2. The normalized spacial score (nSPS) is 10.7. The van der Waals surface area contributed by atoms with Crippen molar-refractivity contribution in [3.8, 4) is 0 Å². The Bertz CT molecular complexity index is 935. The van der Waals surface area contributed by atoms with Crippen LogP contribution in [0.4, 0.5) is 10.8 Å². The molecule has 144 valence electrons. The molecule has 0 atom stereocenters. The van der Waals surface area contributed by atoms with E-state index in [9.17, 15) is 9.59 Å². The van der Waals surface area contributed by atoms with E-state index in [0.29, 0.717) is 27.9 Å². The highest BCUT2D eigenvalue weighted by Gasteiger charge is 2.15. The van der Waals surface area contributed by atoms with Gasteiger partial charge in [0.05, 0.1) is 0 Å². The van der Waals surface area contributed by atoms with E-state index in [1.54, 1.807) is 36.4 Å². The van der Waals surface area contributed by atoms with Gasteiger partial charge in [0.15, 0.2) is 0 Å². The molecule has 0 aliphatic heterocycles. The van der Waals surface area contributed by atoms with Crippen LogP contribution in [0.1, 0.15) is 58.3 Å². The first-order valence-electron chi connectivity index (χ1n) is 9.22. The number of rotatable bonds is 7. The van der Waals surface area contributed by atoms with Gasteiger partial charge in [-0.15, -0.1) is 10.2 Å². The SMILES string of the molecule is CCC(CC)c1nnc(NC(=O)c2ccc(NC(=O)c3ccccc3)cc2)s1. The molecule has 0 unspecified atom stereocenters. The second kappa shape index (κ2) is 9.23. The Hall–Kier alpha value is -3.06. The first kappa shape index (κ1) is 19.7. The van der Waals surface area contributed by atoms with Gasteiger partial charge in [0.2, 0.25) is 5.13 Å². The fourth-order valence-electron chi connectivity index (χ4n) is 2.75. The molecular formula is C21H22N4O2S. The van der Waals surface area contributed by atoms with Crippen molar-refractivity contribution in [3.63, 3.8) is 0 Å². The summed E-state index contributed by atoms with van der Waals surface area (Å²) in [4.78, 5) is 24.6. The van der Waals surface area contributed by atoms with Crippen molar-refractivity contribution in [2.75, 3.05) is 10.6 Å². The molecule has 7 heteroatoms. The average molecular weight is 395 g/mol. The second-order valence-corrected chi connectivity index (χ2v) is 7.32. The molecule has 0 radical (unpaired) electrons. The molecule has 28 heavy (non-hydrogen) atoms. The highest BCUT2D eigenvalue weighted by molar-refractivity contribution is 7.15. The van der Waals surface area contributed by atoms with Crippen LogP contribution >= 0.6 is 11.3 Å². The first-order valence-corrected chi connectivity index (χ1v) is 10.0. The van der Waals surface area contributed by atoms with E-state index in [1.807, 2.05) is 18.2 Å². The largest absolute Gasteiger partial charge is 0.322 e. The number of nitrogens with one attached hydrogen (secondary N) is 2. The Labute approximate surface area is 168 Å². The van der Waals surface area contributed by atoms with E-state index in [2.05, 4.69) is 34.7 Å². The summed E-state index contributed by atoms with van der Waals surface area (Å²) in [6.45, 7) is 4.23. The molecule has 0 saturated heterocycles. The molecule has 0 aliphatic rings. The molecule has 2 amide bonds. The van der Waals surface area contributed by atoms with E-state index in [0.717, 1.165) is 17.8 Å². The Morgan fingerprint density at radius 2 is 1.46 bits per heavy atom. The number of carbonyl (C=O) groups is 2. The lowest BCUT2D eigenvalue weighted by atomic mass is 10.1. The molecule has 0 aliphatic carbocycles. The number of aromatic nitrogens is 2. The van der Waals surface area contributed by atoms with E-state index >= 15 is 0 Å². The maximum Gasteiger partial charge on any atom is 0.257 e. The summed E-state index contributed by atoms with van der Waals surface area (Å²) in [5.41, 5.74) is 1.68. The standard InChI is InChI=1S/C21H22N4O2S/c1-3-14(4-2)20-24-25-21(28-20)23-19(27)16-10-12-17(13-11-16)22-18(26)15-8-6-5-7-9-15/h5-14H,3-4H2,1-2H3,(H,22,26)(H,23,25,27).